The van der Waals surface area contributed by atoms with E-state index in [4.69, 9.17) is 29.0 Å². The van der Waals surface area contributed by atoms with Gasteiger partial charge in [0.1, 0.15) is 36.2 Å². The summed E-state index contributed by atoms with van der Waals surface area (Å²) in [6, 6.07) is 5.92. The SMILES string of the molecule is C=C(OCC)c1c([C@@H]2C[C@H]3CC[C@@H](C2)N3C(=O)OC(C)(C)C)nc2c(-c3ccc(C(C)(C)O)nc3)cnn2c1N(COCC[Si](C)(C)C)COCC[Si](C)(C)C. The Morgan fingerprint density at radius 1 is 0.946 bits per heavy atom. The molecule has 5 rings (SSSR count). The fourth-order valence-electron chi connectivity index (χ4n) is 7.49. The third-order valence-electron chi connectivity index (χ3n) is 10.5. The van der Waals surface area contributed by atoms with Crippen molar-refractivity contribution in [3.63, 3.8) is 0 Å². The van der Waals surface area contributed by atoms with Gasteiger partial charge >= 0.3 is 6.09 Å². The van der Waals surface area contributed by atoms with Crippen molar-refractivity contribution in [3.8, 4) is 11.1 Å². The van der Waals surface area contributed by atoms with E-state index in [-0.39, 0.29) is 37.6 Å². The maximum Gasteiger partial charge on any atom is 0.410 e. The molecule has 2 aliphatic rings. The van der Waals surface area contributed by atoms with E-state index in [0.29, 0.717) is 36.9 Å². The molecule has 2 aliphatic heterocycles. The summed E-state index contributed by atoms with van der Waals surface area (Å²) in [6.45, 7) is 32.0. The number of rotatable bonds is 17. The van der Waals surface area contributed by atoms with Crippen molar-refractivity contribution in [2.24, 2.45) is 0 Å². The number of fused-ring (bicyclic) bond motifs is 3. The number of aliphatic hydroxyl groups is 1. The highest BCUT2D eigenvalue weighted by molar-refractivity contribution is 6.76. The summed E-state index contributed by atoms with van der Waals surface area (Å²) in [5, 5.41) is 15.6. The van der Waals surface area contributed by atoms with Gasteiger partial charge in [0.25, 0.3) is 0 Å². The van der Waals surface area contributed by atoms with Crippen LogP contribution < -0.4 is 4.90 Å². The summed E-state index contributed by atoms with van der Waals surface area (Å²) >= 11 is 0. The molecule has 0 radical (unpaired) electrons. The summed E-state index contributed by atoms with van der Waals surface area (Å²) in [6.07, 6.45) is 6.64. The summed E-state index contributed by atoms with van der Waals surface area (Å²) in [7, 11) is -2.70. The van der Waals surface area contributed by atoms with Crippen molar-refractivity contribution in [2.75, 3.05) is 38.2 Å². The van der Waals surface area contributed by atoms with E-state index in [1.807, 2.05) is 55.4 Å². The molecule has 2 saturated heterocycles. The van der Waals surface area contributed by atoms with Gasteiger partial charge in [-0.05, 0) is 85.4 Å². The van der Waals surface area contributed by atoms with E-state index in [1.54, 1.807) is 20.0 Å². The molecule has 5 heterocycles. The molecule has 0 spiro atoms. The number of nitrogens with zero attached hydrogens (tertiary/aromatic N) is 6. The van der Waals surface area contributed by atoms with Crippen molar-refractivity contribution in [1.29, 1.82) is 0 Å². The summed E-state index contributed by atoms with van der Waals surface area (Å²) in [5.74, 6) is 1.26. The zero-order valence-corrected chi connectivity index (χ0v) is 38.2. The van der Waals surface area contributed by atoms with Crippen LogP contribution in [0, 0.1) is 0 Å². The predicted octanol–water partition coefficient (Wildman–Crippen LogP) is 9.10. The number of aromatic nitrogens is 4. The van der Waals surface area contributed by atoms with Gasteiger partial charge in [0.05, 0.1) is 29.8 Å². The van der Waals surface area contributed by atoms with E-state index < -0.39 is 27.3 Å². The van der Waals surface area contributed by atoms with Gasteiger partial charge in [-0.3, -0.25) is 4.98 Å². The van der Waals surface area contributed by atoms with Crippen LogP contribution in [0.2, 0.25) is 51.4 Å². The summed E-state index contributed by atoms with van der Waals surface area (Å²) in [5.41, 5.74) is 2.87. The smallest absolute Gasteiger partial charge is 0.410 e. The van der Waals surface area contributed by atoms with Gasteiger partial charge in [-0.25, -0.2) is 9.78 Å². The van der Waals surface area contributed by atoms with Crippen LogP contribution in [0.1, 0.15) is 90.1 Å². The minimum absolute atomic E-state index is 0.00282. The Balaban J connectivity index is 1.67. The monoisotopic (exact) mass is 808 g/mol. The van der Waals surface area contributed by atoms with Crippen LogP contribution in [-0.4, -0.2) is 103 Å². The zero-order valence-electron chi connectivity index (χ0n) is 36.2. The largest absolute Gasteiger partial charge is 0.494 e. The Morgan fingerprint density at radius 3 is 2.02 bits per heavy atom. The van der Waals surface area contributed by atoms with E-state index in [2.05, 4.69) is 55.7 Å². The molecule has 1 amide bonds. The first-order valence-electron chi connectivity index (χ1n) is 20.4. The Bertz CT molecular complexity index is 1790. The first kappa shape index (κ1) is 43.8. The molecule has 310 valence electrons. The van der Waals surface area contributed by atoms with Crippen LogP contribution >= 0.6 is 0 Å². The number of hydrogen-bond acceptors (Lipinski definition) is 10. The van der Waals surface area contributed by atoms with Gasteiger partial charge in [0.2, 0.25) is 0 Å². The second-order valence-corrected chi connectivity index (χ2v) is 30.8. The molecule has 0 aromatic carbocycles. The molecule has 0 unspecified atom stereocenters. The highest BCUT2D eigenvalue weighted by atomic mass is 28.3. The van der Waals surface area contributed by atoms with Crippen molar-refractivity contribution in [1.82, 2.24) is 24.5 Å². The molecule has 1 N–H and O–H groups in total. The lowest BCUT2D eigenvalue weighted by atomic mass is 9.85. The maximum atomic E-state index is 13.5. The van der Waals surface area contributed by atoms with Crippen LogP contribution in [0.3, 0.4) is 0 Å². The van der Waals surface area contributed by atoms with Gasteiger partial charge in [-0.1, -0.05) is 51.9 Å². The fraction of sp³-hybridized carbons (Fsp3) is 0.667. The average Bonchev–Trinajstić information content (AvgIpc) is 3.62. The average molecular weight is 809 g/mol. The molecule has 3 aromatic rings. The molecule has 3 atom stereocenters. The Kier molecular flexibility index (Phi) is 13.5. The highest BCUT2D eigenvalue weighted by Crippen LogP contribution is 2.47. The van der Waals surface area contributed by atoms with E-state index in [9.17, 15) is 9.90 Å². The minimum Gasteiger partial charge on any atom is -0.494 e. The van der Waals surface area contributed by atoms with Gasteiger partial charge in [-0.2, -0.15) is 9.61 Å². The number of pyridine rings is 1. The lowest BCUT2D eigenvalue weighted by Gasteiger charge is -2.40. The summed E-state index contributed by atoms with van der Waals surface area (Å²) in [4.78, 5) is 27.7. The van der Waals surface area contributed by atoms with Gasteiger partial charge < -0.3 is 33.9 Å². The molecule has 12 nitrogen and oxygen atoms in total. The third kappa shape index (κ3) is 11.0. The van der Waals surface area contributed by atoms with Gasteiger partial charge in [0, 0.05) is 64.7 Å². The third-order valence-corrected chi connectivity index (χ3v) is 13.9. The number of carbonyl (C=O) groups is 1. The van der Waals surface area contributed by atoms with Gasteiger partial charge in [-0.15, -0.1) is 0 Å². The lowest BCUT2D eigenvalue weighted by molar-refractivity contribution is 0.00565. The first-order chi connectivity index (χ1) is 26.1. The van der Waals surface area contributed by atoms with Crippen LogP contribution in [0.4, 0.5) is 10.6 Å². The Hall–Kier alpha value is -3.31. The second kappa shape index (κ2) is 17.3. The number of ether oxygens (including phenoxy) is 4. The van der Waals surface area contributed by atoms with Crippen LogP contribution in [0.25, 0.3) is 22.5 Å². The second-order valence-electron chi connectivity index (χ2n) is 19.5. The number of amides is 1. The highest BCUT2D eigenvalue weighted by Gasteiger charge is 2.46. The summed E-state index contributed by atoms with van der Waals surface area (Å²) < 4.78 is 27.0. The zero-order chi connectivity index (χ0) is 41.2. The van der Waals surface area contributed by atoms with Crippen LogP contribution in [0.15, 0.2) is 31.1 Å². The van der Waals surface area contributed by atoms with E-state index in [0.717, 1.165) is 66.0 Å². The predicted molar refractivity (Wildman–Crippen MR) is 229 cm³/mol. The number of hydrogen-bond donors (Lipinski definition) is 1. The standard InChI is InChI=1S/C42H68N6O6Si2/c1-14-53-29(2)36-37(31-23-32-16-17-33(24-31)47(32)40(49)54-41(3,4)5)45-38-34(30-15-18-35(43-25-30)42(6,7)50)26-44-48(38)39(36)46(27-51-19-21-55(8,9)10)28-52-20-22-56(11,12)13/h15,18,25-26,31-33,50H,2,14,16-17,19-24,27-28H2,1,3-13H3/t31-,32-,33+. The van der Waals surface area contributed by atoms with Crippen molar-refractivity contribution >= 4 is 39.5 Å². The Morgan fingerprint density at radius 2 is 1.54 bits per heavy atom. The number of anilines is 1. The van der Waals surface area contributed by atoms with Gasteiger partial charge in [0.15, 0.2) is 5.65 Å². The molecule has 0 aliphatic carbocycles. The molecule has 0 saturated carbocycles. The van der Waals surface area contributed by atoms with Crippen molar-refractivity contribution < 1.29 is 28.8 Å². The molecular weight excluding hydrogens is 741 g/mol. The molecular formula is C42H68N6O6Si2. The normalized spacial score (nSPS) is 19.1. The van der Waals surface area contributed by atoms with E-state index in [1.165, 1.54) is 0 Å². The van der Waals surface area contributed by atoms with Crippen LogP contribution in [-0.2, 0) is 24.5 Å². The molecule has 2 fully saturated rings. The lowest BCUT2D eigenvalue weighted by Crippen LogP contribution is -2.48. The number of carbonyl (C=O) groups excluding carboxylic acids is 1. The Labute approximate surface area is 337 Å². The molecule has 2 bridgehead atoms. The quantitative estimate of drug-likeness (QED) is 0.0612. The molecule has 14 heteroatoms. The van der Waals surface area contributed by atoms with E-state index >= 15 is 0 Å². The first-order valence-corrected chi connectivity index (χ1v) is 27.8. The fourth-order valence-corrected chi connectivity index (χ4v) is 9.01. The minimum atomic E-state index is -1.35. The number of piperidine rings is 1. The molecule has 56 heavy (non-hydrogen) atoms. The van der Waals surface area contributed by atoms with Crippen molar-refractivity contribution in [3.05, 3.63) is 48.1 Å². The maximum absolute atomic E-state index is 13.5. The molecule has 3 aromatic heterocycles. The topological polar surface area (TPSA) is 124 Å². The van der Waals surface area contributed by atoms with Crippen LogP contribution in [0.5, 0.6) is 0 Å². The van der Waals surface area contributed by atoms with Crippen molar-refractivity contribution in [2.45, 2.75) is 148 Å².